The highest BCUT2D eigenvalue weighted by atomic mass is 127. The lowest BCUT2D eigenvalue weighted by Crippen LogP contribution is -2.38. The van der Waals surface area contributed by atoms with Crippen LogP contribution in [0.2, 0.25) is 0 Å². The second-order valence-corrected chi connectivity index (χ2v) is 6.59. The molecule has 0 aliphatic heterocycles. The van der Waals surface area contributed by atoms with E-state index in [9.17, 15) is 5.11 Å². The van der Waals surface area contributed by atoms with E-state index in [0.717, 1.165) is 23.6 Å². The molecule has 148 valence electrons. The van der Waals surface area contributed by atoms with Crippen molar-refractivity contribution in [3.05, 3.63) is 83.4 Å². The molecular weight excluding hydrogens is 461 g/mol. The number of fused-ring (bicyclic) bond motifs is 1. The average molecular weight is 489 g/mol. The molecule has 3 rings (SSSR count). The lowest BCUT2D eigenvalue weighted by Gasteiger charge is -2.19. The summed E-state index contributed by atoms with van der Waals surface area (Å²) < 4.78 is 0. The third-order valence-corrected chi connectivity index (χ3v) is 4.67. The number of nitrogens with one attached hydrogen (secondary N) is 2. The zero-order valence-corrected chi connectivity index (χ0v) is 18.7. The molecule has 4 nitrogen and oxygen atoms in total. The summed E-state index contributed by atoms with van der Waals surface area (Å²) in [6, 6.07) is 22.9. The maximum absolute atomic E-state index is 9.49. The van der Waals surface area contributed by atoms with Crippen LogP contribution in [0.25, 0.3) is 10.8 Å². The van der Waals surface area contributed by atoms with Gasteiger partial charge in [0.1, 0.15) is 0 Å². The van der Waals surface area contributed by atoms with Gasteiger partial charge in [-0.2, -0.15) is 0 Å². The molecule has 1 unspecified atom stereocenters. The fourth-order valence-corrected chi connectivity index (χ4v) is 3.12. The fraction of sp³-hybridized carbons (Fsp3) is 0.261. The molecule has 0 amide bonds. The largest absolute Gasteiger partial charge is 0.392 e. The third kappa shape index (κ3) is 5.69. The Bertz CT molecular complexity index is 926. The van der Waals surface area contributed by atoms with Gasteiger partial charge in [0, 0.05) is 6.54 Å². The standard InChI is InChI=1S/C23H27N3O.HI/c1-3-24-23(25-15-21-10-6-7-11-22(21)16-27)26-17(2)19-13-12-18-8-4-5-9-20(18)14-19;/h4-14,17,27H,3,15-16H2,1-2H3,(H2,24,25,26);1H. The number of rotatable bonds is 6. The van der Waals surface area contributed by atoms with Crippen LogP contribution in [0.5, 0.6) is 0 Å². The maximum atomic E-state index is 9.49. The minimum atomic E-state index is 0. The van der Waals surface area contributed by atoms with E-state index in [2.05, 4.69) is 66.9 Å². The Morgan fingerprint density at radius 1 is 0.964 bits per heavy atom. The van der Waals surface area contributed by atoms with Gasteiger partial charge < -0.3 is 15.7 Å². The molecule has 1 atom stereocenters. The van der Waals surface area contributed by atoms with E-state index < -0.39 is 0 Å². The summed E-state index contributed by atoms with van der Waals surface area (Å²) in [4.78, 5) is 4.70. The number of hydrogen-bond acceptors (Lipinski definition) is 2. The molecule has 0 saturated carbocycles. The molecule has 3 N–H and O–H groups in total. The third-order valence-electron chi connectivity index (χ3n) is 4.67. The zero-order chi connectivity index (χ0) is 19.1. The summed E-state index contributed by atoms with van der Waals surface area (Å²) in [6.45, 7) is 5.54. The highest BCUT2D eigenvalue weighted by Gasteiger charge is 2.09. The van der Waals surface area contributed by atoms with Gasteiger partial charge >= 0.3 is 0 Å². The first-order valence-corrected chi connectivity index (χ1v) is 9.42. The van der Waals surface area contributed by atoms with Crippen LogP contribution in [-0.4, -0.2) is 17.6 Å². The van der Waals surface area contributed by atoms with Gasteiger partial charge in [0.2, 0.25) is 0 Å². The minimum Gasteiger partial charge on any atom is -0.392 e. The van der Waals surface area contributed by atoms with Crippen molar-refractivity contribution in [2.45, 2.75) is 33.0 Å². The Hall–Kier alpha value is -2.12. The van der Waals surface area contributed by atoms with Crippen LogP contribution in [0, 0.1) is 0 Å². The molecule has 0 radical (unpaired) electrons. The van der Waals surface area contributed by atoms with Gasteiger partial charge in [-0.3, -0.25) is 0 Å². The molecule has 5 heteroatoms. The van der Waals surface area contributed by atoms with Crippen molar-refractivity contribution >= 4 is 40.7 Å². The van der Waals surface area contributed by atoms with Crippen molar-refractivity contribution in [2.24, 2.45) is 4.99 Å². The number of aliphatic imine (C=N–C) groups is 1. The summed E-state index contributed by atoms with van der Waals surface area (Å²) >= 11 is 0. The van der Waals surface area contributed by atoms with Gasteiger partial charge in [0.15, 0.2) is 5.96 Å². The van der Waals surface area contributed by atoms with Gasteiger partial charge in [-0.25, -0.2) is 4.99 Å². The molecule has 0 aromatic heterocycles. The molecular formula is C23H28IN3O. The van der Waals surface area contributed by atoms with Crippen LogP contribution in [-0.2, 0) is 13.2 Å². The first-order chi connectivity index (χ1) is 13.2. The number of aliphatic hydroxyl groups is 1. The van der Waals surface area contributed by atoms with Crippen LogP contribution >= 0.6 is 24.0 Å². The smallest absolute Gasteiger partial charge is 0.192 e. The normalized spacial score (nSPS) is 12.3. The predicted octanol–water partition coefficient (Wildman–Crippen LogP) is 4.77. The minimum absolute atomic E-state index is 0. The quantitative estimate of drug-likeness (QED) is 0.266. The van der Waals surface area contributed by atoms with E-state index in [0.29, 0.717) is 6.54 Å². The Morgan fingerprint density at radius 2 is 1.64 bits per heavy atom. The van der Waals surface area contributed by atoms with Crippen LogP contribution in [0.3, 0.4) is 0 Å². The molecule has 0 fully saturated rings. The molecule has 3 aromatic carbocycles. The number of benzene rings is 3. The number of nitrogens with zero attached hydrogens (tertiary/aromatic N) is 1. The van der Waals surface area contributed by atoms with Gasteiger partial charge in [-0.15, -0.1) is 24.0 Å². The Labute approximate surface area is 184 Å². The summed E-state index contributed by atoms with van der Waals surface area (Å²) in [5.74, 6) is 0.769. The summed E-state index contributed by atoms with van der Waals surface area (Å²) in [5.41, 5.74) is 3.17. The van der Waals surface area contributed by atoms with Crippen molar-refractivity contribution in [2.75, 3.05) is 6.54 Å². The van der Waals surface area contributed by atoms with Crippen molar-refractivity contribution in [3.8, 4) is 0 Å². The van der Waals surface area contributed by atoms with Crippen LogP contribution < -0.4 is 10.6 Å². The van der Waals surface area contributed by atoms with E-state index in [1.54, 1.807) is 0 Å². The Morgan fingerprint density at radius 3 is 2.36 bits per heavy atom. The van der Waals surface area contributed by atoms with E-state index in [4.69, 9.17) is 4.99 Å². The molecule has 3 aromatic rings. The van der Waals surface area contributed by atoms with Crippen molar-refractivity contribution in [1.82, 2.24) is 10.6 Å². The van der Waals surface area contributed by atoms with E-state index in [-0.39, 0.29) is 36.6 Å². The second kappa shape index (κ2) is 11.0. The molecule has 28 heavy (non-hydrogen) atoms. The first-order valence-electron chi connectivity index (χ1n) is 9.42. The van der Waals surface area contributed by atoms with Crippen molar-refractivity contribution in [3.63, 3.8) is 0 Å². The van der Waals surface area contributed by atoms with Gasteiger partial charge in [-0.05, 0) is 47.4 Å². The topological polar surface area (TPSA) is 56.7 Å². The number of guanidine groups is 1. The highest BCUT2D eigenvalue weighted by molar-refractivity contribution is 14.0. The lowest BCUT2D eigenvalue weighted by atomic mass is 10.0. The molecule has 0 aliphatic rings. The number of hydrogen-bond donors (Lipinski definition) is 3. The second-order valence-electron chi connectivity index (χ2n) is 6.59. The first kappa shape index (κ1) is 22.2. The molecule has 0 aliphatic carbocycles. The van der Waals surface area contributed by atoms with Gasteiger partial charge in [0.05, 0.1) is 19.2 Å². The molecule has 0 saturated heterocycles. The average Bonchev–Trinajstić information content (AvgIpc) is 2.72. The van der Waals surface area contributed by atoms with Crippen LogP contribution in [0.1, 0.15) is 36.6 Å². The lowest BCUT2D eigenvalue weighted by molar-refractivity contribution is 0.280. The monoisotopic (exact) mass is 489 g/mol. The van der Waals surface area contributed by atoms with E-state index in [1.807, 2.05) is 24.3 Å². The van der Waals surface area contributed by atoms with Crippen LogP contribution in [0.15, 0.2) is 71.7 Å². The van der Waals surface area contributed by atoms with Gasteiger partial charge in [0.25, 0.3) is 0 Å². The van der Waals surface area contributed by atoms with Gasteiger partial charge in [-0.1, -0.05) is 60.7 Å². The van der Waals surface area contributed by atoms with Crippen LogP contribution in [0.4, 0.5) is 0 Å². The predicted molar refractivity (Wildman–Crippen MR) is 128 cm³/mol. The van der Waals surface area contributed by atoms with Crippen molar-refractivity contribution in [1.29, 1.82) is 0 Å². The summed E-state index contributed by atoms with van der Waals surface area (Å²) in [5, 5.41) is 18.8. The molecule has 0 bridgehead atoms. The number of halogens is 1. The molecule has 0 heterocycles. The zero-order valence-electron chi connectivity index (χ0n) is 16.4. The SMILES string of the molecule is CCNC(=NCc1ccccc1CO)NC(C)c1ccc2ccccc2c1.I. The molecule has 0 spiro atoms. The highest BCUT2D eigenvalue weighted by Crippen LogP contribution is 2.20. The van der Waals surface area contributed by atoms with Crippen molar-refractivity contribution < 1.29 is 5.11 Å². The summed E-state index contributed by atoms with van der Waals surface area (Å²) in [7, 11) is 0. The van der Waals surface area contributed by atoms with E-state index in [1.165, 1.54) is 16.3 Å². The maximum Gasteiger partial charge on any atom is 0.192 e. The Balaban J connectivity index is 0.00000280. The number of aliphatic hydroxyl groups excluding tert-OH is 1. The van der Waals surface area contributed by atoms with E-state index >= 15 is 0 Å². The fourth-order valence-electron chi connectivity index (χ4n) is 3.12. The summed E-state index contributed by atoms with van der Waals surface area (Å²) in [6.07, 6.45) is 0. The Kier molecular flexibility index (Phi) is 8.73.